The summed E-state index contributed by atoms with van der Waals surface area (Å²) in [6.45, 7) is 4.71. The van der Waals surface area contributed by atoms with E-state index in [0.717, 1.165) is 17.0 Å². The number of nitrogens with zero attached hydrogens (tertiary/aromatic N) is 2. The molecule has 0 aliphatic carbocycles. The van der Waals surface area contributed by atoms with Crippen LogP contribution in [0.5, 0.6) is 5.75 Å². The Kier molecular flexibility index (Phi) is 8.71. The molecule has 34 heavy (non-hydrogen) atoms. The van der Waals surface area contributed by atoms with Gasteiger partial charge in [0.25, 0.3) is 5.91 Å². The number of para-hydroxylation sites is 1. The lowest BCUT2D eigenvalue weighted by Crippen LogP contribution is -2.41. The molecule has 0 unspecified atom stereocenters. The maximum Gasteiger partial charge on any atom is 0.425 e. The number of halogens is 6. The van der Waals surface area contributed by atoms with E-state index in [0.29, 0.717) is 26.1 Å². The van der Waals surface area contributed by atoms with E-state index < -0.39 is 58.5 Å². The number of hydrogen-bond acceptors (Lipinski definition) is 3. The Balaban J connectivity index is 2.55. The third-order valence-electron chi connectivity index (χ3n) is 4.94. The first-order valence-corrected chi connectivity index (χ1v) is 10.5. The fourth-order valence-electron chi connectivity index (χ4n) is 2.94. The van der Waals surface area contributed by atoms with Gasteiger partial charge in [0.1, 0.15) is 17.4 Å². The van der Waals surface area contributed by atoms with E-state index in [9.17, 15) is 31.5 Å². The average molecular weight is 508 g/mol. The van der Waals surface area contributed by atoms with Crippen molar-refractivity contribution in [1.29, 1.82) is 0 Å². The van der Waals surface area contributed by atoms with Crippen molar-refractivity contribution in [2.24, 2.45) is 0 Å². The molecule has 12 heteroatoms. The van der Waals surface area contributed by atoms with E-state index in [-0.39, 0.29) is 5.02 Å². The van der Waals surface area contributed by atoms with E-state index in [2.05, 4.69) is 5.32 Å². The molecule has 0 aliphatic rings. The molecule has 1 N–H and O–H groups in total. The number of anilines is 2. The highest BCUT2D eigenvalue weighted by molar-refractivity contribution is 6.34. The molecule has 3 amide bonds. The van der Waals surface area contributed by atoms with Crippen LogP contribution in [0.25, 0.3) is 0 Å². The standard InChI is InChI=1S/C22H23ClF5N3O3/c1-5-31(6-2)21(33)30(4)17-11-18(34-12(3)22(26,27)28)13(10-16(17)25)20(32)29-19-14(23)8-7-9-15(19)24/h7-12H,5-6H2,1-4H3,(H,29,32)/t12-/m0/s1. The van der Waals surface area contributed by atoms with Crippen molar-refractivity contribution in [3.05, 3.63) is 52.6 Å². The van der Waals surface area contributed by atoms with Gasteiger partial charge in [-0.25, -0.2) is 13.6 Å². The molecule has 2 aromatic rings. The first-order valence-electron chi connectivity index (χ1n) is 10.2. The van der Waals surface area contributed by atoms with Gasteiger partial charge in [-0.3, -0.25) is 9.69 Å². The third kappa shape index (κ3) is 6.07. The van der Waals surface area contributed by atoms with Crippen molar-refractivity contribution in [2.45, 2.75) is 33.1 Å². The Morgan fingerprint density at radius 2 is 1.74 bits per heavy atom. The maximum atomic E-state index is 15.0. The molecule has 0 aromatic heterocycles. The highest BCUT2D eigenvalue weighted by atomic mass is 35.5. The van der Waals surface area contributed by atoms with E-state index in [4.69, 9.17) is 16.3 Å². The van der Waals surface area contributed by atoms with Crippen LogP contribution in [0.2, 0.25) is 5.02 Å². The number of benzene rings is 2. The quantitative estimate of drug-likeness (QED) is 0.461. The smallest absolute Gasteiger partial charge is 0.425 e. The van der Waals surface area contributed by atoms with Crippen LogP contribution in [-0.4, -0.2) is 49.3 Å². The van der Waals surface area contributed by atoms with Crippen molar-refractivity contribution < 1.29 is 36.3 Å². The van der Waals surface area contributed by atoms with Gasteiger partial charge in [-0.15, -0.1) is 0 Å². The van der Waals surface area contributed by atoms with Crippen LogP contribution >= 0.6 is 11.6 Å². The van der Waals surface area contributed by atoms with Gasteiger partial charge in [0.05, 0.1) is 22.0 Å². The Morgan fingerprint density at radius 1 is 1.12 bits per heavy atom. The van der Waals surface area contributed by atoms with E-state index >= 15 is 0 Å². The molecule has 0 heterocycles. The number of carbonyl (C=O) groups is 2. The van der Waals surface area contributed by atoms with Crippen LogP contribution in [0.3, 0.4) is 0 Å². The Hall–Kier alpha value is -3.08. The molecule has 186 valence electrons. The molecule has 0 aliphatic heterocycles. The molecular weight excluding hydrogens is 485 g/mol. The summed E-state index contributed by atoms with van der Waals surface area (Å²) in [5.41, 5.74) is -1.51. The second-order valence-corrected chi connectivity index (χ2v) is 7.57. The Morgan fingerprint density at radius 3 is 2.26 bits per heavy atom. The topological polar surface area (TPSA) is 61.9 Å². The minimum atomic E-state index is -4.81. The molecule has 1 atom stereocenters. The minimum Gasteiger partial charge on any atom is -0.480 e. The molecular formula is C22H23ClF5N3O3. The molecule has 0 bridgehead atoms. The summed E-state index contributed by atoms with van der Waals surface area (Å²) >= 11 is 5.88. The van der Waals surface area contributed by atoms with Gasteiger partial charge < -0.3 is 15.0 Å². The Bertz CT molecular complexity index is 1040. The number of alkyl halides is 3. The number of amides is 3. The van der Waals surface area contributed by atoms with Crippen LogP contribution < -0.4 is 15.0 Å². The van der Waals surface area contributed by atoms with Crippen LogP contribution in [0.4, 0.5) is 38.1 Å². The van der Waals surface area contributed by atoms with Crippen LogP contribution in [0.15, 0.2) is 30.3 Å². The average Bonchev–Trinajstić information content (AvgIpc) is 2.76. The number of urea groups is 1. The largest absolute Gasteiger partial charge is 0.480 e. The first-order chi connectivity index (χ1) is 15.8. The number of ether oxygens (including phenoxy) is 1. The van der Waals surface area contributed by atoms with Gasteiger partial charge in [-0.05, 0) is 39.0 Å². The molecule has 2 rings (SSSR count). The zero-order valence-electron chi connectivity index (χ0n) is 18.8. The van der Waals surface area contributed by atoms with E-state index in [1.807, 2.05) is 0 Å². The van der Waals surface area contributed by atoms with Crippen molar-refractivity contribution >= 4 is 34.9 Å². The van der Waals surface area contributed by atoms with Crippen molar-refractivity contribution in [2.75, 3.05) is 30.4 Å². The van der Waals surface area contributed by atoms with E-state index in [1.54, 1.807) is 13.8 Å². The third-order valence-corrected chi connectivity index (χ3v) is 5.26. The molecule has 2 aromatic carbocycles. The molecule has 0 saturated carbocycles. The van der Waals surface area contributed by atoms with Gasteiger partial charge in [0.2, 0.25) is 0 Å². The molecule has 6 nitrogen and oxygen atoms in total. The van der Waals surface area contributed by atoms with Gasteiger partial charge in [0.15, 0.2) is 6.10 Å². The first kappa shape index (κ1) is 27.2. The van der Waals surface area contributed by atoms with Gasteiger partial charge in [-0.2, -0.15) is 13.2 Å². The molecule has 0 radical (unpaired) electrons. The number of nitrogens with one attached hydrogen (secondary N) is 1. The lowest BCUT2D eigenvalue weighted by atomic mass is 10.1. The lowest BCUT2D eigenvalue weighted by molar-refractivity contribution is -0.189. The van der Waals surface area contributed by atoms with E-state index in [1.165, 1.54) is 24.1 Å². The lowest BCUT2D eigenvalue weighted by Gasteiger charge is -2.27. The minimum absolute atomic E-state index is 0.180. The van der Waals surface area contributed by atoms with Crippen molar-refractivity contribution in [3.63, 3.8) is 0 Å². The summed E-state index contributed by atoms with van der Waals surface area (Å²) in [5.74, 6) is -3.82. The Labute approximate surface area is 198 Å². The number of rotatable bonds is 7. The van der Waals surface area contributed by atoms with Crippen molar-refractivity contribution in [3.8, 4) is 5.75 Å². The SMILES string of the molecule is CCN(CC)C(=O)N(C)c1cc(O[C@@H](C)C(F)(F)F)c(C(=O)Nc2c(F)cccc2Cl)cc1F. The zero-order valence-corrected chi connectivity index (χ0v) is 19.5. The highest BCUT2D eigenvalue weighted by Gasteiger charge is 2.39. The molecule has 0 saturated heterocycles. The predicted octanol–water partition coefficient (Wildman–Crippen LogP) is 6.10. The summed E-state index contributed by atoms with van der Waals surface area (Å²) in [5, 5.41) is 1.94. The summed E-state index contributed by atoms with van der Waals surface area (Å²) < 4.78 is 73.4. The maximum absolute atomic E-state index is 15.0. The van der Waals surface area contributed by atoms with Gasteiger partial charge >= 0.3 is 12.2 Å². The zero-order chi connectivity index (χ0) is 25.8. The summed E-state index contributed by atoms with van der Waals surface area (Å²) in [4.78, 5) is 27.7. The predicted molar refractivity (Wildman–Crippen MR) is 119 cm³/mol. The van der Waals surface area contributed by atoms with Crippen LogP contribution in [0.1, 0.15) is 31.1 Å². The van der Waals surface area contributed by atoms with Crippen LogP contribution in [0, 0.1) is 11.6 Å². The van der Waals surface area contributed by atoms with Gasteiger partial charge in [0, 0.05) is 26.2 Å². The summed E-state index contributed by atoms with van der Waals surface area (Å²) in [6, 6.07) is 4.38. The summed E-state index contributed by atoms with van der Waals surface area (Å²) in [7, 11) is 1.23. The second-order valence-electron chi connectivity index (χ2n) is 7.17. The van der Waals surface area contributed by atoms with Crippen LogP contribution in [-0.2, 0) is 0 Å². The van der Waals surface area contributed by atoms with Crippen molar-refractivity contribution in [1.82, 2.24) is 4.90 Å². The van der Waals surface area contributed by atoms with Gasteiger partial charge in [-0.1, -0.05) is 17.7 Å². The fraction of sp³-hybridized carbons (Fsp3) is 0.364. The fourth-order valence-corrected chi connectivity index (χ4v) is 3.15. The number of carbonyl (C=O) groups excluding carboxylic acids is 2. The normalized spacial score (nSPS) is 12.2. The number of hydrogen-bond donors (Lipinski definition) is 1. The molecule has 0 fully saturated rings. The monoisotopic (exact) mass is 507 g/mol. The second kappa shape index (κ2) is 10.9. The molecule has 0 spiro atoms. The summed E-state index contributed by atoms with van der Waals surface area (Å²) in [6.07, 6.45) is -7.18. The highest BCUT2D eigenvalue weighted by Crippen LogP contribution is 2.34.